The van der Waals surface area contributed by atoms with Gasteiger partial charge in [0.1, 0.15) is 5.75 Å². The average Bonchev–Trinajstić information content (AvgIpc) is 2.51. The third-order valence-corrected chi connectivity index (χ3v) is 3.78. The number of benzene rings is 2. The summed E-state index contributed by atoms with van der Waals surface area (Å²) in [5.74, 6) is 0.527. The van der Waals surface area contributed by atoms with E-state index in [2.05, 4.69) is 10.0 Å². The summed E-state index contributed by atoms with van der Waals surface area (Å²) in [7, 11) is -3.33. The summed E-state index contributed by atoms with van der Waals surface area (Å²) in [6.07, 6.45) is 1.16. The van der Waals surface area contributed by atoms with Gasteiger partial charge < -0.3 is 10.1 Å². The summed E-state index contributed by atoms with van der Waals surface area (Å²) in [5, 5.41) is 2.83. The van der Waals surface area contributed by atoms with Gasteiger partial charge in [0, 0.05) is 17.8 Å². The lowest BCUT2D eigenvalue weighted by atomic mass is 10.1. The average molecular weight is 362 g/mol. The predicted molar refractivity (Wildman–Crippen MR) is 98.3 cm³/mol. The van der Waals surface area contributed by atoms with Crippen LogP contribution in [0.4, 0.5) is 5.69 Å². The van der Waals surface area contributed by atoms with Crippen LogP contribution in [0.1, 0.15) is 29.8 Å². The Morgan fingerprint density at radius 1 is 1.12 bits per heavy atom. The smallest absolute Gasteiger partial charge is 0.251 e. The van der Waals surface area contributed by atoms with Crippen molar-refractivity contribution in [2.75, 3.05) is 11.0 Å². The Labute approximate surface area is 148 Å². The van der Waals surface area contributed by atoms with E-state index >= 15 is 0 Å². The fourth-order valence-corrected chi connectivity index (χ4v) is 2.75. The SMILES string of the molecule is CC(C)Oc1cccc(CNC(=O)c2ccc(NS(C)(=O)=O)cc2)c1. The maximum absolute atomic E-state index is 12.2. The largest absolute Gasteiger partial charge is 0.491 e. The van der Waals surface area contributed by atoms with E-state index in [1.54, 1.807) is 24.3 Å². The Bertz CT molecular complexity index is 830. The summed E-state index contributed by atoms with van der Waals surface area (Å²) in [4.78, 5) is 12.2. The number of rotatable bonds is 7. The third kappa shape index (κ3) is 6.46. The number of sulfonamides is 1. The molecule has 2 rings (SSSR count). The van der Waals surface area contributed by atoms with E-state index in [0.717, 1.165) is 17.6 Å². The number of ether oxygens (including phenoxy) is 1. The molecule has 2 aromatic rings. The van der Waals surface area contributed by atoms with E-state index in [9.17, 15) is 13.2 Å². The Kier molecular flexibility index (Phi) is 6.03. The number of carbonyl (C=O) groups excluding carboxylic acids is 1. The molecule has 0 radical (unpaired) electrons. The van der Waals surface area contributed by atoms with Crippen molar-refractivity contribution in [1.29, 1.82) is 0 Å². The van der Waals surface area contributed by atoms with Gasteiger partial charge in [0.15, 0.2) is 0 Å². The van der Waals surface area contributed by atoms with Crippen LogP contribution in [0.2, 0.25) is 0 Å². The van der Waals surface area contributed by atoms with Crippen LogP contribution in [0.5, 0.6) is 5.75 Å². The minimum absolute atomic E-state index is 0.0869. The summed E-state index contributed by atoms with van der Waals surface area (Å²) in [6, 6.07) is 13.8. The number of anilines is 1. The van der Waals surface area contributed by atoms with Gasteiger partial charge in [-0.3, -0.25) is 9.52 Å². The molecule has 0 aliphatic carbocycles. The molecule has 0 aliphatic heterocycles. The second kappa shape index (κ2) is 8.02. The molecule has 6 nitrogen and oxygen atoms in total. The van der Waals surface area contributed by atoms with Crippen LogP contribution in [0.15, 0.2) is 48.5 Å². The highest BCUT2D eigenvalue weighted by Gasteiger charge is 2.07. The molecule has 1 amide bonds. The van der Waals surface area contributed by atoms with Gasteiger partial charge in [0.25, 0.3) is 5.91 Å². The Morgan fingerprint density at radius 3 is 2.40 bits per heavy atom. The molecule has 0 bridgehead atoms. The third-order valence-electron chi connectivity index (χ3n) is 3.17. The van der Waals surface area contributed by atoms with Gasteiger partial charge in [-0.1, -0.05) is 12.1 Å². The van der Waals surface area contributed by atoms with Gasteiger partial charge >= 0.3 is 0 Å². The predicted octanol–water partition coefficient (Wildman–Crippen LogP) is 2.78. The van der Waals surface area contributed by atoms with Crippen molar-refractivity contribution < 1.29 is 17.9 Å². The van der Waals surface area contributed by atoms with Crippen molar-refractivity contribution >= 4 is 21.6 Å². The second-order valence-electron chi connectivity index (χ2n) is 5.95. The number of carbonyl (C=O) groups is 1. The van der Waals surface area contributed by atoms with Gasteiger partial charge in [0.2, 0.25) is 10.0 Å². The first-order chi connectivity index (χ1) is 11.7. The Balaban J connectivity index is 1.96. The van der Waals surface area contributed by atoms with Crippen LogP contribution in [-0.2, 0) is 16.6 Å². The van der Waals surface area contributed by atoms with Crippen LogP contribution >= 0.6 is 0 Å². The summed E-state index contributed by atoms with van der Waals surface area (Å²) >= 11 is 0. The summed E-state index contributed by atoms with van der Waals surface area (Å²) in [6.45, 7) is 4.28. The molecule has 0 saturated carbocycles. The molecule has 0 unspecified atom stereocenters. The van der Waals surface area contributed by atoms with Gasteiger partial charge in [-0.05, 0) is 55.8 Å². The Morgan fingerprint density at radius 2 is 1.80 bits per heavy atom. The number of hydrogen-bond acceptors (Lipinski definition) is 4. The van der Waals surface area contributed by atoms with E-state index in [-0.39, 0.29) is 12.0 Å². The monoisotopic (exact) mass is 362 g/mol. The highest BCUT2D eigenvalue weighted by Crippen LogP contribution is 2.15. The Hall–Kier alpha value is -2.54. The van der Waals surface area contributed by atoms with Crippen molar-refractivity contribution in [3.05, 3.63) is 59.7 Å². The number of nitrogens with one attached hydrogen (secondary N) is 2. The molecular formula is C18H22N2O4S. The molecule has 0 aliphatic rings. The van der Waals surface area contributed by atoms with Crippen LogP contribution in [0, 0.1) is 0 Å². The maximum Gasteiger partial charge on any atom is 0.251 e. The molecule has 2 N–H and O–H groups in total. The standard InChI is InChI=1S/C18H22N2O4S/c1-13(2)24-17-6-4-5-14(11-17)12-19-18(21)15-7-9-16(10-8-15)20-25(3,22)23/h4-11,13,20H,12H2,1-3H3,(H,19,21). The molecular weight excluding hydrogens is 340 g/mol. The van der Waals surface area contributed by atoms with E-state index < -0.39 is 10.0 Å². The van der Waals surface area contributed by atoms with Crippen LogP contribution < -0.4 is 14.8 Å². The molecule has 2 aromatic carbocycles. The lowest BCUT2D eigenvalue weighted by Crippen LogP contribution is -2.22. The van der Waals surface area contributed by atoms with Gasteiger partial charge in [-0.25, -0.2) is 8.42 Å². The van der Waals surface area contributed by atoms with Crippen molar-refractivity contribution in [2.45, 2.75) is 26.5 Å². The normalized spacial score (nSPS) is 11.2. The molecule has 0 saturated heterocycles. The maximum atomic E-state index is 12.2. The topological polar surface area (TPSA) is 84.5 Å². The highest BCUT2D eigenvalue weighted by atomic mass is 32.2. The van der Waals surface area contributed by atoms with Crippen molar-refractivity contribution in [1.82, 2.24) is 5.32 Å². The van der Waals surface area contributed by atoms with Crippen LogP contribution in [0.3, 0.4) is 0 Å². The number of hydrogen-bond donors (Lipinski definition) is 2. The lowest BCUT2D eigenvalue weighted by molar-refractivity contribution is 0.0951. The molecule has 0 heterocycles. The zero-order chi connectivity index (χ0) is 18.4. The van der Waals surface area contributed by atoms with E-state index in [0.29, 0.717) is 17.8 Å². The first-order valence-electron chi connectivity index (χ1n) is 7.84. The van der Waals surface area contributed by atoms with Gasteiger partial charge in [-0.2, -0.15) is 0 Å². The van der Waals surface area contributed by atoms with Crippen LogP contribution in [0.25, 0.3) is 0 Å². The van der Waals surface area contributed by atoms with Gasteiger partial charge in [0.05, 0.1) is 12.4 Å². The van der Waals surface area contributed by atoms with E-state index in [4.69, 9.17) is 4.74 Å². The zero-order valence-corrected chi connectivity index (χ0v) is 15.3. The lowest BCUT2D eigenvalue weighted by Gasteiger charge is -2.11. The van der Waals surface area contributed by atoms with Crippen molar-refractivity contribution in [3.63, 3.8) is 0 Å². The summed E-state index contributed by atoms with van der Waals surface area (Å²) in [5.41, 5.74) is 1.80. The quantitative estimate of drug-likeness (QED) is 0.793. The molecule has 0 atom stereocenters. The number of amides is 1. The molecule has 0 fully saturated rings. The molecule has 134 valence electrons. The fourth-order valence-electron chi connectivity index (χ4n) is 2.19. The summed E-state index contributed by atoms with van der Waals surface area (Å²) < 4.78 is 30.3. The first kappa shape index (κ1) is 18.8. The van der Waals surface area contributed by atoms with Crippen molar-refractivity contribution in [2.24, 2.45) is 0 Å². The van der Waals surface area contributed by atoms with E-state index in [1.807, 2.05) is 38.1 Å². The van der Waals surface area contributed by atoms with Gasteiger partial charge in [-0.15, -0.1) is 0 Å². The molecule has 0 aromatic heterocycles. The highest BCUT2D eigenvalue weighted by molar-refractivity contribution is 7.92. The first-order valence-corrected chi connectivity index (χ1v) is 9.74. The van der Waals surface area contributed by atoms with Crippen LogP contribution in [-0.4, -0.2) is 26.7 Å². The second-order valence-corrected chi connectivity index (χ2v) is 7.70. The molecule has 25 heavy (non-hydrogen) atoms. The zero-order valence-electron chi connectivity index (χ0n) is 14.4. The minimum atomic E-state index is -3.33. The molecule has 7 heteroatoms. The van der Waals surface area contributed by atoms with E-state index in [1.165, 1.54) is 0 Å². The minimum Gasteiger partial charge on any atom is -0.491 e. The molecule has 0 spiro atoms. The fraction of sp³-hybridized carbons (Fsp3) is 0.278. The van der Waals surface area contributed by atoms with Crippen molar-refractivity contribution in [3.8, 4) is 5.75 Å².